The average molecular weight is 560 g/mol. The van der Waals surface area contributed by atoms with Crippen LogP contribution in [-0.4, -0.2) is 59.9 Å². The summed E-state index contributed by atoms with van der Waals surface area (Å²) in [7, 11) is -3.51. The van der Waals surface area contributed by atoms with Gasteiger partial charge in [-0.1, -0.05) is 34.5 Å². The van der Waals surface area contributed by atoms with E-state index < -0.39 is 10.0 Å². The van der Waals surface area contributed by atoms with Crippen molar-refractivity contribution in [3.8, 4) is 5.88 Å². The number of sulfonamides is 1. The summed E-state index contributed by atoms with van der Waals surface area (Å²) in [6.07, 6.45) is 6.01. The Morgan fingerprint density at radius 2 is 1.63 bits per heavy atom. The number of hydrogen-bond donors (Lipinski definition) is 0. The van der Waals surface area contributed by atoms with E-state index in [2.05, 4.69) is 27.8 Å². The van der Waals surface area contributed by atoms with Gasteiger partial charge in [0.2, 0.25) is 15.9 Å². The Hall–Kier alpha value is -2.07. The molecule has 1 aliphatic carbocycles. The van der Waals surface area contributed by atoms with Gasteiger partial charge in [0.15, 0.2) is 0 Å². The predicted molar refractivity (Wildman–Crippen MR) is 140 cm³/mol. The number of piperazine rings is 1. The van der Waals surface area contributed by atoms with E-state index in [1.807, 2.05) is 24.3 Å². The summed E-state index contributed by atoms with van der Waals surface area (Å²) in [6, 6.07) is 14.8. The van der Waals surface area contributed by atoms with Crippen molar-refractivity contribution in [3.05, 3.63) is 58.8 Å². The first-order chi connectivity index (χ1) is 16.9. The van der Waals surface area contributed by atoms with Gasteiger partial charge in [-0.2, -0.15) is 9.29 Å². The summed E-state index contributed by atoms with van der Waals surface area (Å²) >= 11 is 3.37. The van der Waals surface area contributed by atoms with Crippen LogP contribution in [0.3, 0.4) is 0 Å². The third-order valence-electron chi connectivity index (χ3n) is 7.06. The summed E-state index contributed by atoms with van der Waals surface area (Å²) in [4.78, 5) is 12.3. The highest BCUT2D eigenvalue weighted by molar-refractivity contribution is 9.10. The van der Waals surface area contributed by atoms with Crippen molar-refractivity contribution in [2.75, 3.05) is 26.2 Å². The molecule has 1 saturated heterocycles. The van der Waals surface area contributed by atoms with E-state index in [1.165, 1.54) is 19.3 Å². The first-order valence-corrected chi connectivity index (χ1v) is 14.6. The van der Waals surface area contributed by atoms with E-state index in [4.69, 9.17) is 14.7 Å². The number of para-hydroxylation sites is 1. The Kier molecular flexibility index (Phi) is 7.39. The van der Waals surface area contributed by atoms with Crippen LogP contribution >= 0.6 is 15.9 Å². The van der Waals surface area contributed by atoms with Crippen LogP contribution in [0, 0.1) is 0 Å². The lowest BCUT2D eigenvalue weighted by molar-refractivity contribution is 0.135. The maximum absolute atomic E-state index is 13.1. The molecule has 2 fully saturated rings. The van der Waals surface area contributed by atoms with Gasteiger partial charge in [0, 0.05) is 30.7 Å². The van der Waals surface area contributed by atoms with Crippen LogP contribution in [0.4, 0.5) is 0 Å². The Labute approximate surface area is 215 Å². The van der Waals surface area contributed by atoms with Crippen LogP contribution in [0.2, 0.25) is 0 Å². The van der Waals surface area contributed by atoms with Crippen molar-refractivity contribution >= 4 is 36.9 Å². The van der Waals surface area contributed by atoms with Crippen LogP contribution in [0.15, 0.2) is 57.9 Å². The van der Waals surface area contributed by atoms with Crippen LogP contribution < -0.4 is 4.74 Å². The zero-order valence-corrected chi connectivity index (χ0v) is 22.3. The SMILES string of the molecule is C[C@H](c1nc(OC2CCCCC2)c2ccccc2n1)N1CCN(S(=O)(=O)c2ccc(Br)cc2)CC1. The number of ether oxygens (including phenoxy) is 1. The van der Waals surface area contributed by atoms with Crippen molar-refractivity contribution in [2.45, 2.75) is 56.1 Å². The second kappa shape index (κ2) is 10.5. The molecule has 1 saturated carbocycles. The van der Waals surface area contributed by atoms with Crippen molar-refractivity contribution in [1.82, 2.24) is 19.2 Å². The maximum Gasteiger partial charge on any atom is 0.243 e. The van der Waals surface area contributed by atoms with Gasteiger partial charge in [0.05, 0.1) is 21.8 Å². The molecular formula is C26H31BrN4O3S. The van der Waals surface area contributed by atoms with Crippen LogP contribution in [0.1, 0.15) is 50.9 Å². The van der Waals surface area contributed by atoms with E-state index in [1.54, 1.807) is 28.6 Å². The second-order valence-corrected chi connectivity index (χ2v) is 12.2. The Balaban J connectivity index is 1.32. The molecule has 1 aromatic heterocycles. The zero-order chi connectivity index (χ0) is 24.4. The Morgan fingerprint density at radius 3 is 2.34 bits per heavy atom. The monoisotopic (exact) mass is 558 g/mol. The topological polar surface area (TPSA) is 75.6 Å². The Bertz CT molecular complexity index is 1270. The molecule has 0 spiro atoms. The number of hydrogen-bond acceptors (Lipinski definition) is 6. The molecule has 0 radical (unpaired) electrons. The number of rotatable bonds is 6. The van der Waals surface area contributed by atoms with Gasteiger partial charge in [0.25, 0.3) is 0 Å². The number of aromatic nitrogens is 2. The second-order valence-electron chi connectivity index (χ2n) is 9.35. The number of halogens is 1. The van der Waals surface area contributed by atoms with Gasteiger partial charge in [-0.05, 0) is 69.0 Å². The summed E-state index contributed by atoms with van der Waals surface area (Å²) in [5.74, 6) is 1.39. The highest BCUT2D eigenvalue weighted by Crippen LogP contribution is 2.30. The molecule has 3 aromatic rings. The quantitative estimate of drug-likeness (QED) is 0.415. The predicted octanol–water partition coefficient (Wildman–Crippen LogP) is 5.17. The molecule has 35 heavy (non-hydrogen) atoms. The number of nitrogens with zero attached hydrogens (tertiary/aromatic N) is 4. The minimum atomic E-state index is -3.51. The average Bonchev–Trinajstić information content (AvgIpc) is 2.89. The molecule has 186 valence electrons. The first-order valence-electron chi connectivity index (χ1n) is 12.3. The van der Waals surface area contributed by atoms with Gasteiger partial charge in [-0.15, -0.1) is 0 Å². The van der Waals surface area contributed by atoms with Crippen LogP contribution in [0.5, 0.6) is 5.88 Å². The molecule has 0 amide bonds. The van der Waals surface area contributed by atoms with E-state index in [0.717, 1.165) is 34.0 Å². The largest absolute Gasteiger partial charge is 0.474 e. The smallest absolute Gasteiger partial charge is 0.243 e. The Morgan fingerprint density at radius 1 is 0.943 bits per heavy atom. The summed E-state index contributed by atoms with van der Waals surface area (Å²) in [5, 5.41) is 0.944. The van der Waals surface area contributed by atoms with Crippen LogP contribution in [-0.2, 0) is 10.0 Å². The fourth-order valence-corrected chi connectivity index (χ4v) is 6.62. The molecule has 0 bridgehead atoms. The van der Waals surface area contributed by atoms with E-state index in [0.29, 0.717) is 37.0 Å². The zero-order valence-electron chi connectivity index (χ0n) is 19.9. The lowest BCUT2D eigenvalue weighted by Gasteiger charge is -2.37. The molecule has 1 aliphatic heterocycles. The molecule has 1 atom stereocenters. The highest BCUT2D eigenvalue weighted by Gasteiger charge is 2.31. The fourth-order valence-electron chi connectivity index (χ4n) is 4.93. The molecule has 0 N–H and O–H groups in total. The first kappa shape index (κ1) is 24.6. The molecule has 9 heteroatoms. The summed E-state index contributed by atoms with van der Waals surface area (Å²) in [5.41, 5.74) is 0.881. The molecule has 5 rings (SSSR count). The molecule has 2 aromatic carbocycles. The minimum Gasteiger partial charge on any atom is -0.474 e. The number of fused-ring (bicyclic) bond motifs is 1. The summed E-state index contributed by atoms with van der Waals surface area (Å²) < 4.78 is 35.0. The summed E-state index contributed by atoms with van der Waals surface area (Å²) in [6.45, 7) is 4.19. The maximum atomic E-state index is 13.1. The molecule has 2 heterocycles. The van der Waals surface area contributed by atoms with Crippen molar-refractivity contribution in [3.63, 3.8) is 0 Å². The molecular weight excluding hydrogens is 528 g/mol. The third kappa shape index (κ3) is 5.38. The van der Waals surface area contributed by atoms with Gasteiger partial charge in [-0.25, -0.2) is 13.4 Å². The van der Waals surface area contributed by atoms with Crippen molar-refractivity contribution in [2.24, 2.45) is 0 Å². The molecule has 0 unspecified atom stereocenters. The number of benzene rings is 2. The van der Waals surface area contributed by atoms with Crippen molar-refractivity contribution < 1.29 is 13.2 Å². The molecule has 7 nitrogen and oxygen atoms in total. The van der Waals surface area contributed by atoms with Gasteiger partial charge >= 0.3 is 0 Å². The third-order valence-corrected chi connectivity index (χ3v) is 9.50. The molecule has 2 aliphatic rings. The van der Waals surface area contributed by atoms with Gasteiger partial charge in [-0.3, -0.25) is 4.90 Å². The lowest BCUT2D eigenvalue weighted by Crippen LogP contribution is -2.49. The standard InChI is InChI=1S/C26H31BrN4O3S/c1-19(30-15-17-31(18-16-30)35(32,33)22-13-11-20(27)12-14-22)25-28-24-10-6-5-9-23(24)26(29-25)34-21-7-3-2-4-8-21/h5-6,9-14,19,21H,2-4,7-8,15-18H2,1H3/t19-/m1/s1. The van der Waals surface area contributed by atoms with Gasteiger partial charge < -0.3 is 4.74 Å². The highest BCUT2D eigenvalue weighted by atomic mass is 79.9. The van der Waals surface area contributed by atoms with E-state index in [-0.39, 0.29) is 12.1 Å². The fraction of sp³-hybridized carbons (Fsp3) is 0.462. The minimum absolute atomic E-state index is 0.0501. The lowest BCUT2D eigenvalue weighted by atomic mass is 9.98. The van der Waals surface area contributed by atoms with E-state index in [9.17, 15) is 8.42 Å². The van der Waals surface area contributed by atoms with Crippen LogP contribution in [0.25, 0.3) is 10.9 Å². The normalized spacial score (nSPS) is 19.6. The van der Waals surface area contributed by atoms with E-state index >= 15 is 0 Å². The van der Waals surface area contributed by atoms with Gasteiger partial charge in [0.1, 0.15) is 11.9 Å². The van der Waals surface area contributed by atoms with Crippen molar-refractivity contribution in [1.29, 1.82) is 0 Å².